The molecule has 0 saturated carbocycles. The summed E-state index contributed by atoms with van der Waals surface area (Å²) in [5, 5.41) is 12.1. The van der Waals surface area contributed by atoms with Crippen molar-refractivity contribution in [1.82, 2.24) is 19.6 Å². The summed E-state index contributed by atoms with van der Waals surface area (Å²) in [5.74, 6) is 0.596. The average Bonchev–Trinajstić information content (AvgIpc) is 3.80. The zero-order valence-electron chi connectivity index (χ0n) is 32.5. The minimum atomic E-state index is -4.78. The van der Waals surface area contributed by atoms with Crippen molar-refractivity contribution >= 4 is 23.2 Å². The number of hydrogen-bond acceptors (Lipinski definition) is 4. The first-order valence-electron chi connectivity index (χ1n) is 17.8. The average molecular weight is 849 g/mol. The van der Waals surface area contributed by atoms with E-state index >= 15 is 0 Å². The number of carbonyl (C=O) groups is 2. The van der Waals surface area contributed by atoms with Gasteiger partial charge in [0.2, 0.25) is 0 Å². The molecular weight excluding hydrogens is 816 g/mol. The summed E-state index contributed by atoms with van der Waals surface area (Å²) < 4.78 is 119. The standard InChI is InChI=1S/C22H16F5N3O.C22H17F4N3O/c1-21(23,24)12-11-14-7-9-15(10-8-14)16-5-3-4-6-18(16)28-20(31)17-13-30(2)29-19(17)22(25,26)27;1-22(25,26)12-11-14-7-9-15(10-8-14)16-5-3-4-6-18(16)27-21(30)17-13-29(2)28-19(17)20(23)24/h3-10,13H,1-2H3,(H,28,31);3-10,13,20H,1-2H3,(H,27,30). The molecule has 0 saturated heterocycles. The molecule has 2 aromatic heterocycles. The van der Waals surface area contributed by atoms with Crippen molar-refractivity contribution in [1.29, 1.82) is 0 Å². The monoisotopic (exact) mass is 848 g/mol. The second kappa shape index (κ2) is 18.3. The van der Waals surface area contributed by atoms with E-state index in [1.54, 1.807) is 84.9 Å². The maximum atomic E-state index is 13.2. The van der Waals surface area contributed by atoms with Crippen molar-refractivity contribution in [3.63, 3.8) is 0 Å². The van der Waals surface area contributed by atoms with Gasteiger partial charge in [-0.25, -0.2) is 8.78 Å². The number of nitrogens with zero attached hydrogens (tertiary/aromatic N) is 4. The van der Waals surface area contributed by atoms with Crippen LogP contribution in [0.2, 0.25) is 0 Å². The highest BCUT2D eigenvalue weighted by molar-refractivity contribution is 6.07. The number of para-hydroxylation sites is 2. The van der Waals surface area contributed by atoms with E-state index in [0.717, 1.165) is 22.5 Å². The molecule has 2 N–H and O–H groups in total. The second-order valence-electron chi connectivity index (χ2n) is 13.4. The Morgan fingerprint density at radius 3 is 1.39 bits per heavy atom. The van der Waals surface area contributed by atoms with Gasteiger partial charge >= 0.3 is 18.0 Å². The number of aromatic nitrogens is 4. The minimum absolute atomic E-state index is 0.214. The van der Waals surface area contributed by atoms with Gasteiger partial charge in [-0.3, -0.25) is 19.0 Å². The lowest BCUT2D eigenvalue weighted by atomic mass is 10.0. The van der Waals surface area contributed by atoms with Gasteiger partial charge in [-0.2, -0.15) is 40.9 Å². The highest BCUT2D eigenvalue weighted by Crippen LogP contribution is 2.33. The number of benzene rings is 4. The third-order valence-corrected chi connectivity index (χ3v) is 8.25. The van der Waals surface area contributed by atoms with Gasteiger partial charge in [-0.1, -0.05) is 72.5 Å². The van der Waals surface area contributed by atoms with E-state index in [1.165, 1.54) is 32.4 Å². The van der Waals surface area contributed by atoms with Gasteiger partial charge in [0.1, 0.15) is 5.69 Å². The normalized spacial score (nSPS) is 11.4. The lowest BCUT2D eigenvalue weighted by Crippen LogP contribution is -2.18. The third kappa shape index (κ3) is 12.4. The van der Waals surface area contributed by atoms with Crippen molar-refractivity contribution in [3.05, 3.63) is 143 Å². The summed E-state index contributed by atoms with van der Waals surface area (Å²) in [6.07, 6.45) is -5.43. The molecule has 2 amide bonds. The lowest BCUT2D eigenvalue weighted by molar-refractivity contribution is -0.141. The summed E-state index contributed by atoms with van der Waals surface area (Å²) in [4.78, 5) is 25.1. The number of amides is 2. The van der Waals surface area contributed by atoms with Crippen LogP contribution in [-0.4, -0.2) is 43.2 Å². The van der Waals surface area contributed by atoms with Crippen LogP contribution in [0.1, 0.15) is 63.5 Å². The molecule has 61 heavy (non-hydrogen) atoms. The quantitative estimate of drug-likeness (QED) is 0.124. The van der Waals surface area contributed by atoms with Crippen molar-refractivity contribution in [3.8, 4) is 45.9 Å². The number of hydrogen-bond donors (Lipinski definition) is 2. The van der Waals surface area contributed by atoms with Crippen LogP contribution in [-0.2, 0) is 20.3 Å². The molecule has 6 rings (SSSR count). The van der Waals surface area contributed by atoms with E-state index in [9.17, 15) is 49.1 Å². The highest BCUT2D eigenvalue weighted by atomic mass is 19.4. The van der Waals surface area contributed by atoms with Gasteiger partial charge in [0, 0.05) is 74.0 Å². The molecule has 0 aliphatic heterocycles. The maximum absolute atomic E-state index is 13.2. The van der Waals surface area contributed by atoms with E-state index in [1.807, 2.05) is 11.8 Å². The lowest BCUT2D eigenvalue weighted by Gasteiger charge is -2.12. The van der Waals surface area contributed by atoms with Crippen molar-refractivity contribution < 1.29 is 49.1 Å². The summed E-state index contributed by atoms with van der Waals surface area (Å²) in [6, 6.07) is 26.2. The molecule has 314 valence electrons. The zero-order valence-corrected chi connectivity index (χ0v) is 32.5. The van der Waals surface area contributed by atoms with E-state index in [0.29, 0.717) is 46.0 Å². The fourth-order valence-electron chi connectivity index (χ4n) is 5.60. The minimum Gasteiger partial charge on any atom is -0.321 e. The molecule has 0 bridgehead atoms. The van der Waals surface area contributed by atoms with E-state index in [-0.39, 0.29) is 11.3 Å². The van der Waals surface area contributed by atoms with Crippen LogP contribution in [0.25, 0.3) is 22.3 Å². The fraction of sp³-hybridized carbons (Fsp3) is 0.182. The SMILES string of the molecule is Cn1cc(C(=O)Nc2ccccc2-c2ccc(C#CC(C)(F)F)cc2)c(C(F)(F)F)n1.Cn1cc(C(=O)Nc2ccccc2-c2ccc(C#CC(C)(F)F)cc2)c(C(F)F)n1. The van der Waals surface area contributed by atoms with Crippen molar-refractivity contribution in [2.24, 2.45) is 14.1 Å². The Morgan fingerprint density at radius 1 is 0.590 bits per heavy atom. The van der Waals surface area contributed by atoms with Gasteiger partial charge in [0.25, 0.3) is 18.2 Å². The molecular formula is C44H33F9N6O2. The van der Waals surface area contributed by atoms with Crippen molar-refractivity contribution in [2.45, 2.75) is 38.3 Å². The maximum Gasteiger partial charge on any atom is 0.435 e. The van der Waals surface area contributed by atoms with Crippen LogP contribution >= 0.6 is 0 Å². The molecule has 0 fully saturated rings. The Morgan fingerprint density at radius 2 is 0.984 bits per heavy atom. The van der Waals surface area contributed by atoms with Gasteiger partial charge in [-0.15, -0.1) is 0 Å². The van der Waals surface area contributed by atoms with Gasteiger partial charge in [0.05, 0.1) is 11.1 Å². The van der Waals surface area contributed by atoms with Gasteiger partial charge in [0.15, 0.2) is 5.69 Å². The topological polar surface area (TPSA) is 93.8 Å². The summed E-state index contributed by atoms with van der Waals surface area (Å²) >= 11 is 0. The summed E-state index contributed by atoms with van der Waals surface area (Å²) in [6.45, 7) is 1.41. The largest absolute Gasteiger partial charge is 0.435 e. The molecule has 0 atom stereocenters. The molecule has 2 heterocycles. The number of anilines is 2. The predicted molar refractivity (Wildman–Crippen MR) is 211 cm³/mol. The van der Waals surface area contributed by atoms with Crippen LogP contribution in [0.4, 0.5) is 50.9 Å². The zero-order chi connectivity index (χ0) is 44.7. The molecule has 0 spiro atoms. The number of halogens is 9. The van der Waals surface area contributed by atoms with E-state index < -0.39 is 53.2 Å². The third-order valence-electron chi connectivity index (χ3n) is 8.25. The Bertz CT molecular complexity index is 2650. The van der Waals surface area contributed by atoms with Gasteiger partial charge < -0.3 is 10.6 Å². The molecule has 8 nitrogen and oxygen atoms in total. The predicted octanol–water partition coefficient (Wildman–Crippen LogP) is 10.6. The molecule has 0 aliphatic rings. The fourth-order valence-corrected chi connectivity index (χ4v) is 5.60. The van der Waals surface area contributed by atoms with Gasteiger partial charge in [-0.05, 0) is 59.4 Å². The first-order chi connectivity index (χ1) is 28.6. The summed E-state index contributed by atoms with van der Waals surface area (Å²) in [7, 11) is 2.74. The Kier molecular flexibility index (Phi) is 13.5. The van der Waals surface area contributed by atoms with Crippen LogP contribution in [0.15, 0.2) is 109 Å². The molecule has 4 aromatic carbocycles. The molecule has 0 unspecified atom stereocenters. The van der Waals surface area contributed by atoms with Crippen LogP contribution < -0.4 is 10.6 Å². The molecule has 17 heteroatoms. The van der Waals surface area contributed by atoms with E-state index in [4.69, 9.17) is 0 Å². The number of rotatable bonds is 7. The molecule has 0 aliphatic carbocycles. The number of carbonyl (C=O) groups excluding carboxylic acids is 2. The van der Waals surface area contributed by atoms with Crippen molar-refractivity contribution in [2.75, 3.05) is 10.6 Å². The smallest absolute Gasteiger partial charge is 0.321 e. The van der Waals surface area contributed by atoms with E-state index in [2.05, 4.69) is 32.7 Å². The number of aryl methyl sites for hydroxylation is 2. The van der Waals surface area contributed by atoms with Crippen LogP contribution in [0.5, 0.6) is 0 Å². The molecule has 6 aromatic rings. The first kappa shape index (κ1) is 44.8. The van der Waals surface area contributed by atoms with Crippen LogP contribution in [0, 0.1) is 23.7 Å². The number of alkyl halides is 9. The highest BCUT2D eigenvalue weighted by Gasteiger charge is 2.39. The number of nitrogens with one attached hydrogen (secondary N) is 2. The molecule has 0 radical (unpaired) electrons. The second-order valence-corrected chi connectivity index (χ2v) is 13.4. The Labute approximate surface area is 343 Å². The van der Waals surface area contributed by atoms with Crippen LogP contribution in [0.3, 0.4) is 0 Å². The Balaban J connectivity index is 0.000000231. The Hall–Kier alpha value is -7.27. The first-order valence-corrected chi connectivity index (χ1v) is 17.8. The summed E-state index contributed by atoms with van der Waals surface area (Å²) in [5.41, 5.74) is 1.27.